The van der Waals surface area contributed by atoms with Crippen molar-refractivity contribution in [3.63, 3.8) is 0 Å². The van der Waals surface area contributed by atoms with Gasteiger partial charge in [-0.15, -0.1) is 0 Å². The summed E-state index contributed by atoms with van der Waals surface area (Å²) < 4.78 is 11.8. The van der Waals surface area contributed by atoms with Crippen LogP contribution in [-0.2, 0) is 11.4 Å². The van der Waals surface area contributed by atoms with Crippen LogP contribution in [0.3, 0.4) is 0 Å². The quantitative estimate of drug-likeness (QED) is 0.509. The van der Waals surface area contributed by atoms with E-state index in [2.05, 4.69) is 6.07 Å². The van der Waals surface area contributed by atoms with Crippen molar-refractivity contribution in [2.45, 2.75) is 6.61 Å². The molecule has 2 aromatic carbocycles. The first-order chi connectivity index (χ1) is 13.4. The number of carbonyl (C=O) groups excluding carboxylic acids is 1. The van der Waals surface area contributed by atoms with Crippen LogP contribution < -0.4 is 9.47 Å². The summed E-state index contributed by atoms with van der Waals surface area (Å²) in [5.41, 5.74) is 1.98. The fourth-order valence-corrected chi connectivity index (χ4v) is 4.02. The van der Waals surface area contributed by atoms with Crippen molar-refractivity contribution in [1.82, 2.24) is 4.90 Å². The van der Waals surface area contributed by atoms with E-state index in [4.69, 9.17) is 33.3 Å². The maximum atomic E-state index is 12.2. The van der Waals surface area contributed by atoms with Crippen LogP contribution >= 0.6 is 35.6 Å². The molecule has 5 nitrogen and oxygen atoms in total. The van der Waals surface area contributed by atoms with E-state index in [0.29, 0.717) is 36.9 Å². The molecule has 1 aliphatic heterocycles. The van der Waals surface area contributed by atoms with Gasteiger partial charge in [0.25, 0.3) is 5.91 Å². The summed E-state index contributed by atoms with van der Waals surface area (Å²) >= 11 is 12.8. The molecule has 0 saturated carbocycles. The van der Waals surface area contributed by atoms with E-state index in [0.717, 1.165) is 5.56 Å². The van der Waals surface area contributed by atoms with Gasteiger partial charge in [0.05, 0.1) is 28.7 Å². The van der Waals surface area contributed by atoms with Crippen LogP contribution in [0.25, 0.3) is 6.08 Å². The van der Waals surface area contributed by atoms with Gasteiger partial charge in [-0.1, -0.05) is 53.8 Å². The molecule has 1 heterocycles. The van der Waals surface area contributed by atoms with Crippen molar-refractivity contribution in [2.24, 2.45) is 0 Å². The van der Waals surface area contributed by atoms with Crippen LogP contribution in [0.5, 0.6) is 11.5 Å². The normalized spacial score (nSPS) is 15.1. The van der Waals surface area contributed by atoms with Crippen LogP contribution in [0.2, 0.25) is 5.02 Å². The zero-order chi connectivity index (χ0) is 20.3. The Bertz CT molecular complexity index is 1030. The topological polar surface area (TPSA) is 62.6 Å². The molecule has 8 heteroatoms. The highest BCUT2D eigenvalue weighted by atomic mass is 35.5. The van der Waals surface area contributed by atoms with Crippen molar-refractivity contribution in [1.29, 1.82) is 5.26 Å². The fraction of sp³-hybridized carbons (Fsp3) is 0.150. The van der Waals surface area contributed by atoms with Crippen LogP contribution in [0.1, 0.15) is 16.7 Å². The number of thiocarbonyl (C=S) groups is 1. The molecule has 0 atom stereocenters. The van der Waals surface area contributed by atoms with Crippen molar-refractivity contribution in [2.75, 3.05) is 14.2 Å². The second kappa shape index (κ2) is 8.65. The van der Waals surface area contributed by atoms with Crippen LogP contribution in [0.4, 0.5) is 0 Å². The van der Waals surface area contributed by atoms with Gasteiger partial charge in [-0.3, -0.25) is 9.69 Å². The lowest BCUT2D eigenvalue weighted by Gasteiger charge is -2.14. The predicted octanol–water partition coefficient (Wildman–Crippen LogP) is 4.63. The molecular formula is C20H15ClN2O3S2. The number of benzene rings is 2. The molecule has 3 rings (SSSR count). The minimum absolute atomic E-state index is 0.154. The third kappa shape index (κ3) is 4.14. The number of ether oxygens (including phenoxy) is 2. The average Bonchev–Trinajstić information content (AvgIpc) is 2.93. The predicted molar refractivity (Wildman–Crippen MR) is 114 cm³/mol. The molecule has 0 bridgehead atoms. The molecule has 0 radical (unpaired) electrons. The molecule has 142 valence electrons. The summed E-state index contributed by atoms with van der Waals surface area (Å²) in [6.45, 7) is 0.174. The number of methoxy groups -OCH3 is 1. The lowest BCUT2D eigenvalue weighted by Crippen LogP contribution is -2.22. The molecule has 1 amide bonds. The van der Waals surface area contributed by atoms with Crippen molar-refractivity contribution >= 4 is 51.9 Å². The van der Waals surface area contributed by atoms with E-state index in [1.165, 1.54) is 23.8 Å². The number of amides is 1. The van der Waals surface area contributed by atoms with Crippen molar-refractivity contribution in [3.05, 3.63) is 63.0 Å². The molecule has 0 N–H and O–H groups in total. The van der Waals surface area contributed by atoms with E-state index >= 15 is 0 Å². The van der Waals surface area contributed by atoms with Gasteiger partial charge in [-0.2, -0.15) is 5.26 Å². The standard InChI is InChI=1S/C20H15ClN2O3S2/c1-23-19(24)17(28-20(23)27)9-12-7-15(21)18(16(8-12)25-2)26-11-14-6-4-3-5-13(14)10-22/h3-9H,11H2,1-2H3/b17-9+. The largest absolute Gasteiger partial charge is 0.493 e. The second-order valence-corrected chi connectivity index (χ2v) is 7.92. The van der Waals surface area contributed by atoms with Gasteiger partial charge in [0.1, 0.15) is 10.9 Å². The first kappa shape index (κ1) is 20.2. The highest BCUT2D eigenvalue weighted by molar-refractivity contribution is 8.26. The summed E-state index contributed by atoms with van der Waals surface area (Å²) in [4.78, 5) is 14.1. The molecule has 0 aromatic heterocycles. The molecule has 0 spiro atoms. The summed E-state index contributed by atoms with van der Waals surface area (Å²) in [6.07, 6.45) is 1.71. The van der Waals surface area contributed by atoms with Gasteiger partial charge < -0.3 is 9.47 Å². The molecule has 2 aromatic rings. The minimum Gasteiger partial charge on any atom is -0.493 e. The lowest BCUT2D eigenvalue weighted by atomic mass is 10.1. The molecule has 1 saturated heterocycles. The molecule has 28 heavy (non-hydrogen) atoms. The van der Waals surface area contributed by atoms with E-state index < -0.39 is 0 Å². The van der Waals surface area contributed by atoms with Gasteiger partial charge in [-0.25, -0.2) is 0 Å². The van der Waals surface area contributed by atoms with Gasteiger partial charge in [0, 0.05) is 12.6 Å². The first-order valence-electron chi connectivity index (χ1n) is 8.14. The Morgan fingerprint density at radius 1 is 1.36 bits per heavy atom. The number of halogens is 1. The number of thioether (sulfide) groups is 1. The number of nitriles is 1. The Hall–Kier alpha value is -2.53. The van der Waals surface area contributed by atoms with E-state index in [-0.39, 0.29) is 12.5 Å². The fourth-order valence-electron chi connectivity index (χ4n) is 2.57. The third-order valence-electron chi connectivity index (χ3n) is 4.05. The van der Waals surface area contributed by atoms with Gasteiger partial charge in [-0.05, 0) is 29.8 Å². The molecular weight excluding hydrogens is 416 g/mol. The molecule has 0 aliphatic carbocycles. The van der Waals surface area contributed by atoms with Crippen molar-refractivity contribution in [3.8, 4) is 17.6 Å². The maximum absolute atomic E-state index is 12.2. The number of likely N-dealkylation sites (N-methyl/N-ethyl adjacent to an activating group) is 1. The zero-order valence-corrected chi connectivity index (χ0v) is 17.5. The number of rotatable bonds is 5. The second-order valence-electron chi connectivity index (χ2n) is 5.83. The molecule has 1 aliphatic rings. The summed E-state index contributed by atoms with van der Waals surface area (Å²) in [7, 11) is 3.15. The summed E-state index contributed by atoms with van der Waals surface area (Å²) in [5.74, 6) is 0.649. The summed E-state index contributed by atoms with van der Waals surface area (Å²) in [6, 6.07) is 12.7. The van der Waals surface area contributed by atoms with Gasteiger partial charge >= 0.3 is 0 Å². The average molecular weight is 431 g/mol. The Balaban J connectivity index is 1.87. The summed E-state index contributed by atoms with van der Waals surface area (Å²) in [5, 5.41) is 9.54. The van der Waals surface area contributed by atoms with E-state index in [1.807, 2.05) is 12.1 Å². The van der Waals surface area contributed by atoms with Gasteiger partial charge in [0.2, 0.25) is 0 Å². The van der Waals surface area contributed by atoms with Crippen LogP contribution in [0, 0.1) is 11.3 Å². The third-order valence-corrected chi connectivity index (χ3v) is 5.81. The molecule has 0 unspecified atom stereocenters. The minimum atomic E-state index is -0.154. The highest BCUT2D eigenvalue weighted by Crippen LogP contribution is 2.39. The number of carbonyl (C=O) groups is 1. The number of hydrogen-bond acceptors (Lipinski definition) is 6. The van der Waals surface area contributed by atoms with Crippen LogP contribution in [0.15, 0.2) is 41.3 Å². The Morgan fingerprint density at radius 2 is 2.11 bits per heavy atom. The maximum Gasteiger partial charge on any atom is 0.265 e. The van der Waals surface area contributed by atoms with E-state index in [1.54, 1.807) is 37.4 Å². The van der Waals surface area contributed by atoms with Crippen molar-refractivity contribution < 1.29 is 14.3 Å². The SMILES string of the molecule is COc1cc(/C=C2/SC(=S)N(C)C2=O)cc(Cl)c1OCc1ccccc1C#N. The van der Waals surface area contributed by atoms with Crippen LogP contribution in [-0.4, -0.2) is 29.3 Å². The monoisotopic (exact) mass is 430 g/mol. The smallest absolute Gasteiger partial charge is 0.265 e. The first-order valence-corrected chi connectivity index (χ1v) is 9.74. The number of hydrogen-bond donors (Lipinski definition) is 0. The Morgan fingerprint density at radius 3 is 2.75 bits per heavy atom. The van der Waals surface area contributed by atoms with E-state index in [9.17, 15) is 10.1 Å². The molecule has 1 fully saturated rings. The zero-order valence-electron chi connectivity index (χ0n) is 15.1. The highest BCUT2D eigenvalue weighted by Gasteiger charge is 2.28. The lowest BCUT2D eigenvalue weighted by molar-refractivity contribution is -0.121. The Kier molecular flexibility index (Phi) is 6.25. The van der Waals surface area contributed by atoms with Gasteiger partial charge in [0.15, 0.2) is 11.5 Å². The number of nitrogens with zero attached hydrogens (tertiary/aromatic N) is 2. The Labute approximate surface area is 177 Å².